The number of ether oxygens (including phenoxy) is 1. The lowest BCUT2D eigenvalue weighted by molar-refractivity contribution is -0.142. The molecule has 5 nitrogen and oxygen atoms in total. The molecule has 2 rings (SSSR count). The van der Waals surface area contributed by atoms with Gasteiger partial charge in [-0.2, -0.15) is 0 Å². The summed E-state index contributed by atoms with van der Waals surface area (Å²) in [5.74, 6) is -0.854. The zero-order chi connectivity index (χ0) is 17.4. The molecule has 0 aliphatic rings. The average molecular weight is 330 g/mol. The molecule has 0 saturated heterocycles. The summed E-state index contributed by atoms with van der Waals surface area (Å²) in [6, 6.07) is 13.9. The van der Waals surface area contributed by atoms with E-state index in [1.54, 1.807) is 12.1 Å². The van der Waals surface area contributed by atoms with Crippen LogP contribution in [0.25, 0.3) is 0 Å². The van der Waals surface area contributed by atoms with Crippen LogP contribution in [0, 0.1) is 5.82 Å². The van der Waals surface area contributed by atoms with Gasteiger partial charge in [-0.3, -0.25) is 0 Å². The van der Waals surface area contributed by atoms with Gasteiger partial charge in [0.25, 0.3) is 0 Å². The molecule has 2 aromatic rings. The van der Waals surface area contributed by atoms with Crippen molar-refractivity contribution in [3.63, 3.8) is 0 Å². The van der Waals surface area contributed by atoms with Crippen molar-refractivity contribution in [2.75, 3.05) is 7.11 Å². The highest BCUT2D eigenvalue weighted by atomic mass is 19.1. The number of esters is 1. The van der Waals surface area contributed by atoms with Gasteiger partial charge in [0, 0.05) is 13.0 Å². The number of methoxy groups -OCH3 is 1. The fourth-order valence-corrected chi connectivity index (χ4v) is 2.18. The van der Waals surface area contributed by atoms with Crippen LogP contribution in [-0.4, -0.2) is 25.2 Å². The zero-order valence-electron chi connectivity index (χ0n) is 13.3. The van der Waals surface area contributed by atoms with Crippen molar-refractivity contribution in [3.05, 3.63) is 71.5 Å². The van der Waals surface area contributed by atoms with Crippen LogP contribution in [0.3, 0.4) is 0 Å². The van der Waals surface area contributed by atoms with Gasteiger partial charge in [-0.05, 0) is 23.3 Å². The van der Waals surface area contributed by atoms with Gasteiger partial charge in [0.1, 0.15) is 11.9 Å². The summed E-state index contributed by atoms with van der Waals surface area (Å²) in [5, 5.41) is 5.23. The predicted molar refractivity (Wildman–Crippen MR) is 87.7 cm³/mol. The number of carbonyl (C=O) groups is 2. The molecule has 0 saturated carbocycles. The molecule has 0 aromatic heterocycles. The molecule has 1 unspecified atom stereocenters. The van der Waals surface area contributed by atoms with E-state index < -0.39 is 18.0 Å². The molecule has 126 valence electrons. The zero-order valence-corrected chi connectivity index (χ0v) is 13.3. The van der Waals surface area contributed by atoms with Crippen LogP contribution in [0.1, 0.15) is 11.1 Å². The second kappa shape index (κ2) is 8.67. The summed E-state index contributed by atoms with van der Waals surface area (Å²) in [6.45, 7) is 0.228. The Balaban J connectivity index is 1.91. The normalized spacial score (nSPS) is 11.4. The molecular formula is C18H19FN2O3. The highest BCUT2D eigenvalue weighted by Gasteiger charge is 2.21. The summed E-state index contributed by atoms with van der Waals surface area (Å²) in [7, 11) is 1.28. The lowest BCUT2D eigenvalue weighted by Crippen LogP contribution is -2.47. The second-order valence-electron chi connectivity index (χ2n) is 5.22. The van der Waals surface area contributed by atoms with E-state index >= 15 is 0 Å². The van der Waals surface area contributed by atoms with Crippen molar-refractivity contribution < 1.29 is 18.7 Å². The molecule has 2 N–H and O–H groups in total. The minimum Gasteiger partial charge on any atom is -0.467 e. The molecule has 2 aromatic carbocycles. The first-order valence-corrected chi connectivity index (χ1v) is 7.49. The van der Waals surface area contributed by atoms with Crippen LogP contribution >= 0.6 is 0 Å². The van der Waals surface area contributed by atoms with Crippen molar-refractivity contribution in [1.82, 2.24) is 10.6 Å². The standard InChI is InChI=1S/C18H19FN2O3/c1-24-17(22)16(11-13-5-3-2-4-6-13)21-18(23)20-12-14-7-9-15(19)10-8-14/h2-10,16H,11-12H2,1H3,(H2,20,21,23). The third-order valence-electron chi connectivity index (χ3n) is 3.44. The summed E-state index contributed by atoms with van der Waals surface area (Å²) in [6.07, 6.45) is 0.331. The molecular weight excluding hydrogens is 311 g/mol. The molecule has 2 amide bonds. The van der Waals surface area contributed by atoms with Crippen molar-refractivity contribution in [2.24, 2.45) is 0 Å². The number of carbonyl (C=O) groups excluding carboxylic acids is 2. The largest absolute Gasteiger partial charge is 0.467 e. The first-order valence-electron chi connectivity index (χ1n) is 7.49. The number of benzene rings is 2. The van der Waals surface area contributed by atoms with E-state index in [1.807, 2.05) is 30.3 Å². The second-order valence-corrected chi connectivity index (χ2v) is 5.22. The van der Waals surface area contributed by atoms with Gasteiger partial charge in [-0.1, -0.05) is 42.5 Å². The Morgan fingerprint density at radius 2 is 1.71 bits per heavy atom. The summed E-state index contributed by atoms with van der Waals surface area (Å²) in [5.41, 5.74) is 1.66. The third-order valence-corrected chi connectivity index (χ3v) is 3.44. The van der Waals surface area contributed by atoms with Gasteiger partial charge >= 0.3 is 12.0 Å². The Labute approximate surface area is 139 Å². The Hall–Kier alpha value is -2.89. The highest BCUT2D eigenvalue weighted by Crippen LogP contribution is 2.05. The summed E-state index contributed by atoms with van der Waals surface area (Å²) < 4.78 is 17.6. The number of rotatable bonds is 6. The van der Waals surface area contributed by atoms with Gasteiger partial charge in [0.05, 0.1) is 7.11 Å². The van der Waals surface area contributed by atoms with E-state index in [-0.39, 0.29) is 12.4 Å². The Morgan fingerprint density at radius 3 is 2.33 bits per heavy atom. The smallest absolute Gasteiger partial charge is 0.328 e. The predicted octanol–water partition coefficient (Wildman–Crippen LogP) is 2.41. The lowest BCUT2D eigenvalue weighted by atomic mass is 10.1. The van der Waals surface area contributed by atoms with Crippen LogP contribution in [0.4, 0.5) is 9.18 Å². The molecule has 0 aliphatic carbocycles. The fourth-order valence-electron chi connectivity index (χ4n) is 2.18. The monoisotopic (exact) mass is 330 g/mol. The number of halogens is 1. The van der Waals surface area contributed by atoms with E-state index in [9.17, 15) is 14.0 Å². The maximum absolute atomic E-state index is 12.8. The van der Waals surface area contributed by atoms with E-state index in [0.717, 1.165) is 11.1 Å². The van der Waals surface area contributed by atoms with Crippen LogP contribution < -0.4 is 10.6 Å². The minimum atomic E-state index is -0.786. The summed E-state index contributed by atoms with van der Waals surface area (Å²) >= 11 is 0. The number of hydrogen-bond acceptors (Lipinski definition) is 3. The fraction of sp³-hybridized carbons (Fsp3) is 0.222. The van der Waals surface area contributed by atoms with E-state index in [4.69, 9.17) is 4.74 Å². The van der Waals surface area contributed by atoms with Gasteiger partial charge < -0.3 is 15.4 Å². The Bertz CT molecular complexity index is 674. The van der Waals surface area contributed by atoms with Crippen LogP contribution in [0.15, 0.2) is 54.6 Å². The van der Waals surface area contributed by atoms with Crippen molar-refractivity contribution >= 4 is 12.0 Å². The highest BCUT2D eigenvalue weighted by molar-refractivity contribution is 5.83. The average Bonchev–Trinajstić information content (AvgIpc) is 2.61. The maximum Gasteiger partial charge on any atom is 0.328 e. The first kappa shape index (κ1) is 17.5. The maximum atomic E-state index is 12.8. The van der Waals surface area contributed by atoms with Crippen LogP contribution in [-0.2, 0) is 22.5 Å². The number of nitrogens with one attached hydrogen (secondary N) is 2. The molecule has 0 spiro atoms. The molecule has 6 heteroatoms. The van der Waals surface area contributed by atoms with Crippen molar-refractivity contribution in [1.29, 1.82) is 0 Å². The Kier molecular flexibility index (Phi) is 6.31. The number of hydrogen-bond donors (Lipinski definition) is 2. The van der Waals surface area contributed by atoms with Crippen molar-refractivity contribution in [3.8, 4) is 0 Å². The third kappa shape index (κ3) is 5.39. The molecule has 0 heterocycles. The van der Waals surface area contributed by atoms with Gasteiger partial charge in [-0.15, -0.1) is 0 Å². The van der Waals surface area contributed by atoms with Crippen LogP contribution in [0.2, 0.25) is 0 Å². The van der Waals surface area contributed by atoms with Gasteiger partial charge in [0.15, 0.2) is 0 Å². The number of amides is 2. The van der Waals surface area contributed by atoms with E-state index in [0.29, 0.717) is 6.42 Å². The molecule has 0 bridgehead atoms. The van der Waals surface area contributed by atoms with E-state index in [2.05, 4.69) is 10.6 Å². The SMILES string of the molecule is COC(=O)C(Cc1ccccc1)NC(=O)NCc1ccc(F)cc1. The lowest BCUT2D eigenvalue weighted by Gasteiger charge is -2.17. The number of urea groups is 1. The molecule has 1 atom stereocenters. The van der Waals surface area contributed by atoms with E-state index in [1.165, 1.54) is 19.2 Å². The molecule has 0 fully saturated rings. The Morgan fingerprint density at radius 1 is 1.04 bits per heavy atom. The minimum absolute atomic E-state index is 0.228. The molecule has 0 aliphatic heterocycles. The summed E-state index contributed by atoms with van der Waals surface area (Å²) in [4.78, 5) is 23.9. The van der Waals surface area contributed by atoms with Gasteiger partial charge in [0.2, 0.25) is 0 Å². The topological polar surface area (TPSA) is 67.4 Å². The quantitative estimate of drug-likeness (QED) is 0.799. The first-order chi connectivity index (χ1) is 11.6. The molecule has 0 radical (unpaired) electrons. The van der Waals surface area contributed by atoms with Crippen LogP contribution in [0.5, 0.6) is 0 Å². The van der Waals surface area contributed by atoms with Gasteiger partial charge in [-0.25, -0.2) is 14.0 Å². The molecule has 24 heavy (non-hydrogen) atoms. The van der Waals surface area contributed by atoms with Crippen molar-refractivity contribution in [2.45, 2.75) is 19.0 Å².